The Bertz CT molecular complexity index is 1310. The molecular formula is C25H18F4N2. The van der Waals surface area contributed by atoms with E-state index in [0.717, 1.165) is 28.9 Å². The van der Waals surface area contributed by atoms with E-state index in [1.54, 1.807) is 24.3 Å². The predicted molar refractivity (Wildman–Crippen MR) is 112 cm³/mol. The van der Waals surface area contributed by atoms with Crippen LogP contribution in [0.5, 0.6) is 0 Å². The van der Waals surface area contributed by atoms with Crippen LogP contribution in [0.1, 0.15) is 27.9 Å². The zero-order valence-corrected chi connectivity index (χ0v) is 16.7. The number of halogens is 4. The molecule has 6 heteroatoms. The van der Waals surface area contributed by atoms with Gasteiger partial charge in [-0.3, -0.25) is 0 Å². The molecule has 3 aromatic carbocycles. The molecule has 0 aliphatic rings. The predicted octanol–water partition coefficient (Wildman–Crippen LogP) is 7.03. The van der Waals surface area contributed by atoms with E-state index in [9.17, 15) is 22.8 Å². The highest BCUT2D eigenvalue weighted by atomic mass is 19.4. The molecule has 1 aromatic heterocycles. The Labute approximate surface area is 177 Å². The summed E-state index contributed by atoms with van der Waals surface area (Å²) in [7, 11) is 0. The van der Waals surface area contributed by atoms with E-state index in [-0.39, 0.29) is 0 Å². The van der Waals surface area contributed by atoms with Crippen molar-refractivity contribution >= 4 is 10.9 Å². The van der Waals surface area contributed by atoms with Gasteiger partial charge in [-0.2, -0.15) is 18.4 Å². The second kappa shape index (κ2) is 7.92. The molecule has 0 saturated carbocycles. The summed E-state index contributed by atoms with van der Waals surface area (Å²) in [6.07, 6.45) is -4.40. The number of aryl methyl sites for hydroxylation is 1. The van der Waals surface area contributed by atoms with E-state index >= 15 is 0 Å². The summed E-state index contributed by atoms with van der Waals surface area (Å²) in [6, 6.07) is 19.9. The van der Waals surface area contributed by atoms with Crippen LogP contribution < -0.4 is 0 Å². The van der Waals surface area contributed by atoms with Gasteiger partial charge in [-0.05, 0) is 60.0 Å². The van der Waals surface area contributed by atoms with E-state index in [4.69, 9.17) is 0 Å². The second-order valence-electron chi connectivity index (χ2n) is 7.42. The van der Waals surface area contributed by atoms with Crippen LogP contribution in [0.4, 0.5) is 17.6 Å². The number of nitriles is 1. The van der Waals surface area contributed by atoms with Crippen molar-refractivity contribution in [2.24, 2.45) is 0 Å². The average molecular weight is 422 g/mol. The largest absolute Gasteiger partial charge is 0.416 e. The third-order valence-electron chi connectivity index (χ3n) is 5.45. The molecule has 0 unspecified atom stereocenters. The average Bonchev–Trinajstić information content (AvgIpc) is 3.07. The topological polar surface area (TPSA) is 28.7 Å². The Balaban J connectivity index is 1.73. The maximum atomic E-state index is 13.6. The van der Waals surface area contributed by atoms with Crippen molar-refractivity contribution in [1.82, 2.24) is 4.57 Å². The summed E-state index contributed by atoms with van der Waals surface area (Å²) in [5.74, 6) is 0. The number of nitrogens with zero attached hydrogens (tertiary/aromatic N) is 2. The molecule has 2 nitrogen and oxygen atoms in total. The van der Waals surface area contributed by atoms with Crippen molar-refractivity contribution in [2.75, 3.05) is 0 Å². The van der Waals surface area contributed by atoms with Gasteiger partial charge in [0.15, 0.2) is 0 Å². The quantitative estimate of drug-likeness (QED) is 0.325. The molecule has 0 fully saturated rings. The maximum Gasteiger partial charge on any atom is 0.416 e. The first kappa shape index (κ1) is 20.7. The van der Waals surface area contributed by atoms with E-state index in [2.05, 4.69) is 0 Å². The third kappa shape index (κ3) is 3.91. The van der Waals surface area contributed by atoms with Crippen LogP contribution in [0.2, 0.25) is 0 Å². The smallest absolute Gasteiger partial charge is 0.340 e. The standard InChI is InChI=1S/C25H18F4N2/c1-16-10-22-23(13-26)20(14-30)8-9-24(22)31(16)15-17-4-2-5-18(11-17)19-6-3-7-21(12-19)25(27,28)29/h2-12H,13,15H2,1H3. The maximum absolute atomic E-state index is 13.6. The van der Waals surface area contributed by atoms with Crippen molar-refractivity contribution in [1.29, 1.82) is 5.26 Å². The van der Waals surface area contributed by atoms with E-state index in [1.807, 2.05) is 41.8 Å². The Morgan fingerprint density at radius 2 is 1.65 bits per heavy atom. The van der Waals surface area contributed by atoms with Crippen LogP contribution in [0.25, 0.3) is 22.0 Å². The van der Waals surface area contributed by atoms with Gasteiger partial charge in [-0.25, -0.2) is 4.39 Å². The van der Waals surface area contributed by atoms with Gasteiger partial charge in [0.2, 0.25) is 0 Å². The first-order valence-electron chi connectivity index (χ1n) is 9.66. The van der Waals surface area contributed by atoms with Crippen molar-refractivity contribution in [2.45, 2.75) is 26.3 Å². The fraction of sp³-hybridized carbons (Fsp3) is 0.160. The minimum atomic E-state index is -4.40. The molecule has 1 heterocycles. The normalized spacial score (nSPS) is 11.6. The molecule has 156 valence electrons. The molecule has 4 aromatic rings. The van der Waals surface area contributed by atoms with E-state index in [0.29, 0.717) is 34.2 Å². The Morgan fingerprint density at radius 3 is 2.32 bits per heavy atom. The molecule has 4 rings (SSSR count). The summed E-state index contributed by atoms with van der Waals surface area (Å²) >= 11 is 0. The Kier molecular flexibility index (Phi) is 5.28. The Hall–Kier alpha value is -3.59. The lowest BCUT2D eigenvalue weighted by Crippen LogP contribution is -2.04. The van der Waals surface area contributed by atoms with Crippen molar-refractivity contribution in [3.05, 3.63) is 94.7 Å². The number of aromatic nitrogens is 1. The highest BCUT2D eigenvalue weighted by Gasteiger charge is 2.30. The van der Waals surface area contributed by atoms with E-state index in [1.165, 1.54) is 6.07 Å². The second-order valence-corrected chi connectivity index (χ2v) is 7.42. The molecule has 0 saturated heterocycles. The molecule has 0 spiro atoms. The van der Waals surface area contributed by atoms with Gasteiger partial charge in [-0.15, -0.1) is 0 Å². The minimum absolute atomic E-state index is 0.318. The van der Waals surface area contributed by atoms with E-state index < -0.39 is 18.4 Å². The highest BCUT2D eigenvalue weighted by molar-refractivity contribution is 5.87. The van der Waals surface area contributed by atoms with Crippen molar-refractivity contribution in [3.63, 3.8) is 0 Å². The molecule has 0 amide bonds. The summed E-state index contributed by atoms with van der Waals surface area (Å²) in [5, 5.41) is 9.94. The van der Waals surface area contributed by atoms with Gasteiger partial charge in [0.1, 0.15) is 6.67 Å². The lowest BCUT2D eigenvalue weighted by atomic mass is 10.0. The summed E-state index contributed by atoms with van der Waals surface area (Å²) < 4.78 is 54.8. The van der Waals surface area contributed by atoms with Crippen molar-refractivity contribution in [3.8, 4) is 17.2 Å². The van der Waals surface area contributed by atoms with Crippen LogP contribution in [0.3, 0.4) is 0 Å². The highest BCUT2D eigenvalue weighted by Crippen LogP contribution is 2.33. The summed E-state index contributed by atoms with van der Waals surface area (Å²) in [5.41, 5.74) is 3.81. The molecule has 0 atom stereocenters. The minimum Gasteiger partial charge on any atom is -0.340 e. The SMILES string of the molecule is Cc1cc2c(CF)c(C#N)ccc2n1Cc1cccc(-c2cccc(C(F)(F)F)c2)c1. The fourth-order valence-electron chi connectivity index (χ4n) is 3.89. The molecular weight excluding hydrogens is 404 g/mol. The number of hydrogen-bond acceptors (Lipinski definition) is 1. The van der Waals surface area contributed by atoms with Crippen LogP contribution >= 0.6 is 0 Å². The zero-order chi connectivity index (χ0) is 22.2. The summed E-state index contributed by atoms with van der Waals surface area (Å²) in [4.78, 5) is 0. The zero-order valence-electron chi connectivity index (χ0n) is 16.7. The van der Waals surface area contributed by atoms with Crippen LogP contribution in [0.15, 0.2) is 66.7 Å². The first-order chi connectivity index (χ1) is 14.8. The number of fused-ring (bicyclic) bond motifs is 1. The molecule has 0 aliphatic carbocycles. The third-order valence-corrected chi connectivity index (χ3v) is 5.45. The van der Waals surface area contributed by atoms with Crippen LogP contribution in [0, 0.1) is 18.3 Å². The monoisotopic (exact) mass is 422 g/mol. The van der Waals surface area contributed by atoms with Crippen LogP contribution in [-0.4, -0.2) is 4.57 Å². The van der Waals surface area contributed by atoms with Gasteiger partial charge in [-0.1, -0.05) is 30.3 Å². The molecule has 31 heavy (non-hydrogen) atoms. The number of rotatable bonds is 4. The van der Waals surface area contributed by atoms with Gasteiger partial charge in [0, 0.05) is 28.7 Å². The molecule has 0 bridgehead atoms. The van der Waals surface area contributed by atoms with Gasteiger partial charge in [0.05, 0.1) is 17.2 Å². The molecule has 0 radical (unpaired) electrons. The number of hydrogen-bond donors (Lipinski definition) is 0. The number of benzene rings is 3. The molecule has 0 N–H and O–H groups in total. The fourth-order valence-corrected chi connectivity index (χ4v) is 3.89. The van der Waals surface area contributed by atoms with Crippen LogP contribution in [-0.2, 0) is 19.4 Å². The Morgan fingerprint density at radius 1 is 0.935 bits per heavy atom. The molecule has 0 aliphatic heterocycles. The lowest BCUT2D eigenvalue weighted by molar-refractivity contribution is -0.137. The van der Waals surface area contributed by atoms with Crippen molar-refractivity contribution < 1.29 is 17.6 Å². The lowest BCUT2D eigenvalue weighted by Gasteiger charge is -2.12. The van der Waals surface area contributed by atoms with Gasteiger partial charge in [0.25, 0.3) is 0 Å². The first-order valence-corrected chi connectivity index (χ1v) is 9.66. The van der Waals surface area contributed by atoms with Gasteiger partial charge >= 0.3 is 6.18 Å². The van der Waals surface area contributed by atoms with Gasteiger partial charge < -0.3 is 4.57 Å². The summed E-state index contributed by atoms with van der Waals surface area (Å²) in [6.45, 7) is 1.65. The number of alkyl halides is 4.